The number of fused-ring (bicyclic) bond motifs is 2. The Kier molecular flexibility index (Phi) is 6.50. The van der Waals surface area contributed by atoms with Gasteiger partial charge in [0.15, 0.2) is 18.1 Å². The first-order valence-electron chi connectivity index (χ1n) is 11.9. The number of nitrogens with one attached hydrogen (secondary N) is 1. The molecule has 186 valence electrons. The molecule has 0 atom stereocenters. The first-order chi connectivity index (χ1) is 17.5. The number of para-hydroxylation sites is 1. The third-order valence-electron chi connectivity index (χ3n) is 6.45. The second kappa shape index (κ2) is 9.89. The monoisotopic (exact) mass is 488 g/mol. The number of rotatable bonds is 8. The molecule has 1 amide bonds. The molecule has 0 bridgehead atoms. The summed E-state index contributed by atoms with van der Waals surface area (Å²) in [7, 11) is 4.72. The Labute approximate surface area is 209 Å². The van der Waals surface area contributed by atoms with Crippen LogP contribution in [0.3, 0.4) is 0 Å². The van der Waals surface area contributed by atoms with E-state index in [1.807, 2.05) is 42.5 Å². The van der Waals surface area contributed by atoms with Crippen LogP contribution in [-0.4, -0.2) is 50.8 Å². The van der Waals surface area contributed by atoms with Crippen molar-refractivity contribution in [2.75, 3.05) is 27.9 Å². The van der Waals surface area contributed by atoms with Crippen molar-refractivity contribution in [1.29, 1.82) is 0 Å². The number of methoxy groups -OCH3 is 3. The van der Waals surface area contributed by atoms with Crippen molar-refractivity contribution < 1.29 is 28.5 Å². The molecule has 1 fully saturated rings. The van der Waals surface area contributed by atoms with Crippen molar-refractivity contribution in [3.63, 3.8) is 0 Å². The van der Waals surface area contributed by atoms with Gasteiger partial charge in [0.05, 0.1) is 38.1 Å². The van der Waals surface area contributed by atoms with E-state index in [0.717, 1.165) is 40.6 Å². The molecule has 2 aromatic carbocycles. The van der Waals surface area contributed by atoms with Gasteiger partial charge in [-0.2, -0.15) is 0 Å². The van der Waals surface area contributed by atoms with E-state index in [-0.39, 0.29) is 18.6 Å². The maximum Gasteiger partial charge on any atom is 0.339 e. The summed E-state index contributed by atoms with van der Waals surface area (Å²) in [6, 6.07) is 11.5. The topological polar surface area (TPSA) is 96.0 Å². The van der Waals surface area contributed by atoms with Gasteiger partial charge in [-0.25, -0.2) is 9.78 Å². The van der Waals surface area contributed by atoms with Gasteiger partial charge in [0, 0.05) is 11.4 Å². The van der Waals surface area contributed by atoms with Crippen LogP contribution in [-0.2, 0) is 16.0 Å². The molecule has 1 saturated carbocycles. The molecule has 8 heteroatoms. The van der Waals surface area contributed by atoms with Crippen LogP contribution in [0.25, 0.3) is 22.6 Å². The SMILES string of the molecule is COc1cc(C=C2CCc3c2nc2ccccc2c3C(=O)OCC(=O)NC2CC2)cc(OC)c1OC. The number of hydrogen-bond acceptors (Lipinski definition) is 7. The van der Waals surface area contributed by atoms with Crippen LogP contribution in [0, 0.1) is 0 Å². The fourth-order valence-corrected chi connectivity index (χ4v) is 4.60. The van der Waals surface area contributed by atoms with Gasteiger partial charge in [-0.05, 0) is 66.7 Å². The van der Waals surface area contributed by atoms with Gasteiger partial charge in [-0.1, -0.05) is 18.2 Å². The van der Waals surface area contributed by atoms with E-state index in [4.69, 9.17) is 23.9 Å². The molecule has 2 aliphatic carbocycles. The van der Waals surface area contributed by atoms with E-state index in [1.165, 1.54) is 0 Å². The Hall–Kier alpha value is -4.07. The predicted molar refractivity (Wildman–Crippen MR) is 135 cm³/mol. The van der Waals surface area contributed by atoms with E-state index in [2.05, 4.69) is 5.32 Å². The Morgan fingerprint density at radius 1 is 1.03 bits per heavy atom. The van der Waals surface area contributed by atoms with E-state index < -0.39 is 5.97 Å². The van der Waals surface area contributed by atoms with Crippen molar-refractivity contribution in [3.8, 4) is 17.2 Å². The Morgan fingerprint density at radius 2 is 1.75 bits per heavy atom. The highest BCUT2D eigenvalue weighted by Gasteiger charge is 2.29. The van der Waals surface area contributed by atoms with Gasteiger partial charge < -0.3 is 24.3 Å². The number of carbonyl (C=O) groups is 2. The van der Waals surface area contributed by atoms with Crippen LogP contribution in [0.2, 0.25) is 0 Å². The van der Waals surface area contributed by atoms with Crippen LogP contribution in [0.15, 0.2) is 36.4 Å². The van der Waals surface area contributed by atoms with Crippen molar-refractivity contribution >= 4 is 34.4 Å². The van der Waals surface area contributed by atoms with Gasteiger partial charge in [0.1, 0.15) is 0 Å². The average Bonchev–Trinajstić information content (AvgIpc) is 3.63. The molecule has 8 nitrogen and oxygen atoms in total. The van der Waals surface area contributed by atoms with E-state index in [1.54, 1.807) is 21.3 Å². The minimum absolute atomic E-state index is 0.213. The Bertz CT molecular complexity index is 1350. The summed E-state index contributed by atoms with van der Waals surface area (Å²) in [5.74, 6) is 0.854. The highest BCUT2D eigenvalue weighted by Crippen LogP contribution is 2.41. The molecule has 0 unspecified atom stereocenters. The van der Waals surface area contributed by atoms with E-state index in [9.17, 15) is 9.59 Å². The van der Waals surface area contributed by atoms with Crippen molar-refractivity contribution in [2.24, 2.45) is 0 Å². The van der Waals surface area contributed by atoms with Crippen molar-refractivity contribution in [2.45, 2.75) is 31.7 Å². The summed E-state index contributed by atoms with van der Waals surface area (Å²) in [5, 5.41) is 3.56. The molecular weight excluding hydrogens is 460 g/mol. The summed E-state index contributed by atoms with van der Waals surface area (Å²) >= 11 is 0. The fraction of sp³-hybridized carbons (Fsp3) is 0.321. The minimum atomic E-state index is -0.509. The van der Waals surface area contributed by atoms with Gasteiger partial charge >= 0.3 is 5.97 Å². The lowest BCUT2D eigenvalue weighted by molar-refractivity contribution is -0.124. The average molecular weight is 489 g/mol. The normalized spacial score (nSPS) is 15.5. The van der Waals surface area contributed by atoms with E-state index >= 15 is 0 Å². The first-order valence-corrected chi connectivity index (χ1v) is 11.9. The highest BCUT2D eigenvalue weighted by atomic mass is 16.5. The molecule has 3 aromatic rings. The van der Waals surface area contributed by atoms with Crippen LogP contribution in [0.5, 0.6) is 17.2 Å². The summed E-state index contributed by atoms with van der Waals surface area (Å²) in [4.78, 5) is 30.2. The second-order valence-electron chi connectivity index (χ2n) is 8.88. The molecule has 1 heterocycles. The zero-order chi connectivity index (χ0) is 25.2. The second-order valence-corrected chi connectivity index (χ2v) is 8.88. The van der Waals surface area contributed by atoms with E-state index in [0.29, 0.717) is 41.2 Å². The first kappa shape index (κ1) is 23.7. The number of benzene rings is 2. The van der Waals surface area contributed by atoms with Gasteiger partial charge in [-0.15, -0.1) is 0 Å². The molecule has 0 radical (unpaired) electrons. The smallest absolute Gasteiger partial charge is 0.339 e. The maximum absolute atomic E-state index is 13.2. The molecule has 36 heavy (non-hydrogen) atoms. The number of nitrogens with zero attached hydrogens (tertiary/aromatic N) is 1. The summed E-state index contributed by atoms with van der Waals surface area (Å²) < 4.78 is 21.9. The molecular formula is C28H28N2O6. The van der Waals surface area contributed by atoms with Crippen LogP contribution < -0.4 is 19.5 Å². The summed E-state index contributed by atoms with van der Waals surface area (Å²) in [6.07, 6.45) is 5.32. The maximum atomic E-state index is 13.2. The third kappa shape index (κ3) is 4.58. The van der Waals surface area contributed by atoms with Crippen molar-refractivity contribution in [1.82, 2.24) is 10.3 Å². The highest BCUT2D eigenvalue weighted by molar-refractivity contribution is 6.07. The van der Waals surface area contributed by atoms with Gasteiger partial charge in [-0.3, -0.25) is 4.79 Å². The van der Waals surface area contributed by atoms with Crippen LogP contribution in [0.4, 0.5) is 0 Å². The largest absolute Gasteiger partial charge is 0.493 e. The zero-order valence-corrected chi connectivity index (χ0v) is 20.6. The quantitative estimate of drug-likeness (QED) is 0.475. The molecule has 5 rings (SSSR count). The number of amides is 1. The minimum Gasteiger partial charge on any atom is -0.493 e. The lowest BCUT2D eigenvalue weighted by atomic mass is 10.0. The van der Waals surface area contributed by atoms with Gasteiger partial charge in [0.25, 0.3) is 5.91 Å². The number of pyridine rings is 1. The third-order valence-corrected chi connectivity index (χ3v) is 6.45. The summed E-state index contributed by atoms with van der Waals surface area (Å²) in [5.41, 5.74) is 4.62. The number of carbonyl (C=O) groups excluding carboxylic acids is 2. The Morgan fingerprint density at radius 3 is 2.42 bits per heavy atom. The predicted octanol–water partition coefficient (Wildman–Crippen LogP) is 4.18. The molecule has 0 saturated heterocycles. The molecule has 2 aliphatic rings. The number of aromatic nitrogens is 1. The number of esters is 1. The van der Waals surface area contributed by atoms with Crippen LogP contribution in [0.1, 0.15) is 46.4 Å². The number of allylic oxidation sites excluding steroid dienone is 1. The molecule has 0 spiro atoms. The van der Waals surface area contributed by atoms with Gasteiger partial charge in [0.2, 0.25) is 5.75 Å². The lowest BCUT2D eigenvalue weighted by Gasteiger charge is -2.14. The van der Waals surface area contributed by atoms with Crippen LogP contribution >= 0.6 is 0 Å². The zero-order valence-electron chi connectivity index (χ0n) is 20.6. The molecule has 1 aromatic heterocycles. The standard InChI is InChI=1S/C28H28N2O6/c1-33-22-13-16(14-23(34-2)27(22)35-3)12-17-8-11-20-25(19-6-4-5-7-21(19)30-26(17)20)28(32)36-15-24(31)29-18-9-10-18/h4-7,12-14,18H,8-11,15H2,1-3H3,(H,29,31). The number of ether oxygens (including phenoxy) is 4. The lowest BCUT2D eigenvalue weighted by Crippen LogP contribution is -2.30. The molecule has 1 N–H and O–H groups in total. The summed E-state index contributed by atoms with van der Waals surface area (Å²) in [6.45, 7) is -0.297. The molecule has 0 aliphatic heterocycles. The number of hydrogen-bond donors (Lipinski definition) is 1. The van der Waals surface area contributed by atoms with Crippen molar-refractivity contribution in [3.05, 3.63) is 58.8 Å². The fourth-order valence-electron chi connectivity index (χ4n) is 4.60. The Balaban J connectivity index is 1.52.